The Bertz CT molecular complexity index is 1060. The molecule has 0 unspecified atom stereocenters. The summed E-state index contributed by atoms with van der Waals surface area (Å²) in [6.45, 7) is 9.60. The average molecular weight is 617 g/mol. The number of likely N-dealkylation sites (N-methyl/N-ethyl adjacent to an activating group) is 1. The summed E-state index contributed by atoms with van der Waals surface area (Å²) in [5.41, 5.74) is 0.893. The number of rotatable bonds is 16. The van der Waals surface area contributed by atoms with Gasteiger partial charge in [-0.3, -0.25) is 19.3 Å². The van der Waals surface area contributed by atoms with Gasteiger partial charge in [0.05, 0.1) is 0 Å². The van der Waals surface area contributed by atoms with Gasteiger partial charge in [-0.25, -0.2) is 4.79 Å². The van der Waals surface area contributed by atoms with Gasteiger partial charge in [0, 0.05) is 46.3 Å². The summed E-state index contributed by atoms with van der Waals surface area (Å²) in [6, 6.07) is 9.41. The van der Waals surface area contributed by atoms with Crippen LogP contribution in [-0.4, -0.2) is 98.7 Å². The van der Waals surface area contributed by atoms with Crippen molar-refractivity contribution in [2.75, 3.05) is 39.8 Å². The molecule has 11 heteroatoms. The van der Waals surface area contributed by atoms with Crippen LogP contribution in [0.1, 0.15) is 70.3 Å². The maximum atomic E-state index is 13.6. The third kappa shape index (κ3) is 10.9. The van der Waals surface area contributed by atoms with Crippen molar-refractivity contribution in [3.05, 3.63) is 35.9 Å². The Kier molecular flexibility index (Phi) is 14.0. The van der Waals surface area contributed by atoms with E-state index in [0.29, 0.717) is 45.4 Å². The molecule has 4 amide bonds. The molecular formula is C32H52N4O6Si. The molecule has 0 spiro atoms. The van der Waals surface area contributed by atoms with E-state index in [1.165, 1.54) is 4.90 Å². The highest BCUT2D eigenvalue weighted by atomic mass is 28.4. The van der Waals surface area contributed by atoms with Gasteiger partial charge in [-0.1, -0.05) is 36.8 Å². The minimum atomic E-state index is -1.61. The number of nitrogens with zero attached hydrogens (tertiary/aromatic N) is 3. The van der Waals surface area contributed by atoms with Crippen molar-refractivity contribution < 1.29 is 28.3 Å². The molecule has 2 fully saturated rings. The third-order valence-corrected chi connectivity index (χ3v) is 11.0. The number of unbranched alkanes of at least 4 members (excludes halogenated alkanes) is 2. The van der Waals surface area contributed by atoms with E-state index in [1.54, 1.807) is 16.8 Å². The lowest BCUT2D eigenvalue weighted by atomic mass is 10.1. The molecule has 43 heavy (non-hydrogen) atoms. The fourth-order valence-electron chi connectivity index (χ4n) is 5.99. The molecule has 1 aromatic carbocycles. The zero-order valence-electron chi connectivity index (χ0n) is 26.6. The van der Waals surface area contributed by atoms with Gasteiger partial charge in [-0.15, -0.1) is 0 Å². The minimum Gasteiger partial charge on any atom is -0.445 e. The monoisotopic (exact) mass is 616 g/mol. The van der Waals surface area contributed by atoms with E-state index < -0.39 is 26.5 Å². The van der Waals surface area contributed by atoms with E-state index in [4.69, 9.17) is 9.16 Å². The van der Waals surface area contributed by atoms with Gasteiger partial charge >= 0.3 is 6.09 Å². The largest absolute Gasteiger partial charge is 0.445 e. The number of hydrogen-bond acceptors (Lipinski definition) is 6. The lowest BCUT2D eigenvalue weighted by molar-refractivity contribution is -0.145. The Labute approximate surface area is 258 Å². The second kappa shape index (κ2) is 17.4. The number of amides is 4. The van der Waals surface area contributed by atoms with Crippen molar-refractivity contribution in [1.29, 1.82) is 0 Å². The molecule has 240 valence electrons. The van der Waals surface area contributed by atoms with Crippen LogP contribution in [0.15, 0.2) is 30.3 Å². The number of carbonyl (C=O) groups excluding carboxylic acids is 4. The van der Waals surface area contributed by atoms with Crippen LogP contribution in [-0.2, 0) is 30.2 Å². The molecule has 2 heterocycles. The molecule has 2 saturated heterocycles. The second-order valence-corrected chi connectivity index (χ2v) is 16.6. The molecule has 2 aliphatic rings. The van der Waals surface area contributed by atoms with Crippen molar-refractivity contribution in [3.63, 3.8) is 0 Å². The number of nitrogens with one attached hydrogen (secondary N) is 1. The van der Waals surface area contributed by atoms with Crippen LogP contribution in [0.25, 0.3) is 0 Å². The first kappa shape index (κ1) is 34.6. The highest BCUT2D eigenvalue weighted by molar-refractivity contribution is 6.71. The lowest BCUT2D eigenvalue weighted by Crippen LogP contribution is -2.53. The average Bonchev–Trinajstić information content (AvgIpc) is 3.68. The van der Waals surface area contributed by atoms with Crippen LogP contribution in [0.2, 0.25) is 19.1 Å². The predicted octanol–water partition coefficient (Wildman–Crippen LogP) is 4.55. The molecule has 0 bridgehead atoms. The maximum Gasteiger partial charge on any atom is 0.410 e. The zero-order chi connectivity index (χ0) is 31.2. The van der Waals surface area contributed by atoms with E-state index in [0.717, 1.165) is 56.7 Å². The van der Waals surface area contributed by atoms with Gasteiger partial charge in [0.2, 0.25) is 17.7 Å². The summed E-state index contributed by atoms with van der Waals surface area (Å²) in [6.07, 6.45) is 6.07. The summed E-state index contributed by atoms with van der Waals surface area (Å²) in [5.74, 6) is -0.142. The van der Waals surface area contributed by atoms with Gasteiger partial charge in [-0.2, -0.15) is 0 Å². The normalized spacial score (nSPS) is 18.5. The van der Waals surface area contributed by atoms with Crippen LogP contribution >= 0.6 is 0 Å². The van der Waals surface area contributed by atoms with Gasteiger partial charge < -0.3 is 24.3 Å². The molecule has 2 aliphatic heterocycles. The van der Waals surface area contributed by atoms with E-state index in [2.05, 4.69) is 18.4 Å². The van der Waals surface area contributed by atoms with Crippen LogP contribution in [0, 0.1) is 0 Å². The van der Waals surface area contributed by atoms with Gasteiger partial charge in [-0.05, 0) is 76.6 Å². The summed E-state index contributed by atoms with van der Waals surface area (Å²) in [4.78, 5) is 56.8. The molecule has 10 nitrogen and oxygen atoms in total. The van der Waals surface area contributed by atoms with Crippen LogP contribution in [0.4, 0.5) is 4.79 Å². The number of likely N-dealkylation sites (tertiary alicyclic amines) is 2. The Hall–Kier alpha value is -2.92. The molecule has 1 N–H and O–H groups in total. The van der Waals surface area contributed by atoms with Crippen molar-refractivity contribution in [2.45, 2.75) is 103 Å². The van der Waals surface area contributed by atoms with Gasteiger partial charge in [0.1, 0.15) is 18.7 Å². The minimum absolute atomic E-state index is 0.0571. The topological polar surface area (TPSA) is 108 Å². The second-order valence-electron chi connectivity index (χ2n) is 12.3. The van der Waals surface area contributed by atoms with Crippen molar-refractivity contribution in [3.8, 4) is 0 Å². The summed E-state index contributed by atoms with van der Waals surface area (Å²) in [7, 11) is 0.177. The standard InChI is InChI=1S/C32H52N4O6Si/c1-5-42-43(3,4)24-14-20-33-29(37)19-10-7-11-21-34(2)30(38)27-17-12-22-35(27)31(39)28-18-13-23-36(28)32(40)41-25-26-15-8-6-9-16-26/h6,8-9,15-16,27-28H,5,7,10-14,17-25H2,1-4H3,(H,33,37)/t27-,28-/m0/s1. The van der Waals surface area contributed by atoms with E-state index in [-0.39, 0.29) is 24.3 Å². The number of carbonyl (C=O) groups is 4. The Morgan fingerprint density at radius 2 is 1.65 bits per heavy atom. The number of hydrogen-bond donors (Lipinski definition) is 1. The molecular weight excluding hydrogens is 564 g/mol. The molecule has 0 aromatic heterocycles. The van der Waals surface area contributed by atoms with Crippen LogP contribution in [0.3, 0.4) is 0 Å². The smallest absolute Gasteiger partial charge is 0.410 e. The Morgan fingerprint density at radius 3 is 2.37 bits per heavy atom. The summed E-state index contributed by atoms with van der Waals surface area (Å²) < 4.78 is 11.3. The SMILES string of the molecule is CCO[Si](C)(C)CCCNC(=O)CCCCCN(C)C(=O)[C@@H]1CCCN1C(=O)[C@@H]1CCCN1C(=O)OCc1ccccc1. The highest BCUT2D eigenvalue weighted by Crippen LogP contribution is 2.26. The lowest BCUT2D eigenvalue weighted by Gasteiger charge is -2.32. The zero-order valence-corrected chi connectivity index (χ0v) is 27.6. The van der Waals surface area contributed by atoms with Crippen molar-refractivity contribution in [1.82, 2.24) is 20.0 Å². The van der Waals surface area contributed by atoms with Crippen molar-refractivity contribution >= 4 is 32.1 Å². The first-order valence-corrected chi connectivity index (χ1v) is 19.2. The molecule has 2 atom stereocenters. The molecule has 0 aliphatic carbocycles. The summed E-state index contributed by atoms with van der Waals surface area (Å²) in [5, 5.41) is 3.01. The van der Waals surface area contributed by atoms with Crippen LogP contribution in [0.5, 0.6) is 0 Å². The maximum absolute atomic E-state index is 13.6. The van der Waals surface area contributed by atoms with Gasteiger partial charge in [0.25, 0.3) is 0 Å². The Balaban J connectivity index is 1.36. The van der Waals surface area contributed by atoms with E-state index in [9.17, 15) is 19.2 Å². The van der Waals surface area contributed by atoms with Crippen LogP contribution < -0.4 is 5.32 Å². The molecule has 0 radical (unpaired) electrons. The van der Waals surface area contributed by atoms with Crippen molar-refractivity contribution in [2.24, 2.45) is 0 Å². The first-order chi connectivity index (χ1) is 20.6. The fourth-order valence-corrected chi connectivity index (χ4v) is 7.95. The van der Waals surface area contributed by atoms with Gasteiger partial charge in [0.15, 0.2) is 8.32 Å². The highest BCUT2D eigenvalue weighted by Gasteiger charge is 2.43. The predicted molar refractivity (Wildman–Crippen MR) is 169 cm³/mol. The third-order valence-electron chi connectivity index (χ3n) is 8.38. The molecule has 1 aromatic rings. The number of ether oxygens (including phenoxy) is 1. The Morgan fingerprint density at radius 1 is 0.953 bits per heavy atom. The molecule has 3 rings (SSSR count). The van der Waals surface area contributed by atoms with E-state index >= 15 is 0 Å². The number of benzene rings is 1. The van der Waals surface area contributed by atoms with E-state index in [1.807, 2.05) is 37.3 Å². The fraction of sp³-hybridized carbons (Fsp3) is 0.688. The molecule has 0 saturated carbocycles. The summed E-state index contributed by atoms with van der Waals surface area (Å²) >= 11 is 0. The quantitative estimate of drug-likeness (QED) is 0.216. The first-order valence-electron chi connectivity index (χ1n) is 16.1.